The van der Waals surface area contributed by atoms with Crippen LogP contribution in [-0.4, -0.2) is 43.5 Å². The first-order valence-electron chi connectivity index (χ1n) is 7.19. The first kappa shape index (κ1) is 13.4. The van der Waals surface area contributed by atoms with Crippen molar-refractivity contribution in [3.05, 3.63) is 29.6 Å². The molecule has 1 amide bonds. The maximum atomic E-state index is 13.8. The lowest BCUT2D eigenvalue weighted by atomic mass is 9.91. The predicted molar refractivity (Wildman–Crippen MR) is 76.4 cm³/mol. The van der Waals surface area contributed by atoms with Crippen molar-refractivity contribution in [2.24, 2.45) is 5.92 Å². The van der Waals surface area contributed by atoms with E-state index in [0.29, 0.717) is 17.2 Å². The van der Waals surface area contributed by atoms with Gasteiger partial charge in [0.25, 0.3) is 5.91 Å². The second-order valence-electron chi connectivity index (χ2n) is 5.57. The summed E-state index contributed by atoms with van der Waals surface area (Å²) >= 11 is 0. The molecule has 108 valence electrons. The van der Waals surface area contributed by atoms with Crippen LogP contribution in [0.5, 0.6) is 0 Å². The number of nitrogens with zero attached hydrogens (tertiary/aromatic N) is 1. The van der Waals surface area contributed by atoms with E-state index in [2.05, 4.69) is 10.6 Å². The van der Waals surface area contributed by atoms with Gasteiger partial charge in [-0.2, -0.15) is 0 Å². The molecule has 1 aromatic carbocycles. The number of amides is 1. The Morgan fingerprint density at radius 2 is 2.30 bits per heavy atom. The van der Waals surface area contributed by atoms with Crippen molar-refractivity contribution in [3.63, 3.8) is 0 Å². The lowest BCUT2D eigenvalue weighted by molar-refractivity contribution is 0.0574. The number of anilines is 1. The summed E-state index contributed by atoms with van der Waals surface area (Å²) in [5, 5.41) is 6.12. The van der Waals surface area contributed by atoms with Crippen LogP contribution in [0.3, 0.4) is 0 Å². The zero-order valence-corrected chi connectivity index (χ0v) is 11.7. The van der Waals surface area contributed by atoms with Crippen molar-refractivity contribution >= 4 is 11.6 Å². The molecule has 0 unspecified atom stereocenters. The molecule has 5 heteroatoms. The molecule has 0 bridgehead atoms. The molecule has 2 saturated heterocycles. The molecule has 1 aromatic rings. The molecule has 0 saturated carbocycles. The fourth-order valence-corrected chi connectivity index (χ4v) is 3.34. The largest absolute Gasteiger partial charge is 0.386 e. The van der Waals surface area contributed by atoms with Gasteiger partial charge in [-0.3, -0.25) is 4.79 Å². The third kappa shape index (κ3) is 2.26. The van der Waals surface area contributed by atoms with Crippen LogP contribution in [-0.2, 0) is 0 Å². The minimum Gasteiger partial charge on any atom is -0.386 e. The SMILES string of the molecule is CNc1ccc(C(=O)N2CCC[C@H]3CNC[C@H]32)cc1F. The molecular weight excluding hydrogens is 257 g/mol. The highest BCUT2D eigenvalue weighted by molar-refractivity contribution is 5.95. The van der Waals surface area contributed by atoms with Gasteiger partial charge in [0.15, 0.2) is 0 Å². The third-order valence-corrected chi connectivity index (χ3v) is 4.42. The summed E-state index contributed by atoms with van der Waals surface area (Å²) in [6, 6.07) is 4.92. The monoisotopic (exact) mass is 277 g/mol. The lowest BCUT2D eigenvalue weighted by Crippen LogP contribution is -2.48. The summed E-state index contributed by atoms with van der Waals surface area (Å²) in [7, 11) is 1.67. The fourth-order valence-electron chi connectivity index (χ4n) is 3.34. The molecule has 2 aliphatic heterocycles. The third-order valence-electron chi connectivity index (χ3n) is 4.42. The van der Waals surface area contributed by atoms with E-state index in [-0.39, 0.29) is 17.8 Å². The van der Waals surface area contributed by atoms with Crippen molar-refractivity contribution in [1.29, 1.82) is 0 Å². The highest BCUT2D eigenvalue weighted by Crippen LogP contribution is 2.28. The summed E-state index contributed by atoms with van der Waals surface area (Å²) in [5.74, 6) is 0.121. The number of hydrogen-bond donors (Lipinski definition) is 2. The second-order valence-corrected chi connectivity index (χ2v) is 5.57. The van der Waals surface area contributed by atoms with Gasteiger partial charge in [-0.1, -0.05) is 0 Å². The van der Waals surface area contributed by atoms with E-state index in [1.807, 2.05) is 4.90 Å². The van der Waals surface area contributed by atoms with E-state index in [1.54, 1.807) is 19.2 Å². The molecule has 2 heterocycles. The molecule has 2 fully saturated rings. The average molecular weight is 277 g/mol. The van der Waals surface area contributed by atoms with Gasteiger partial charge in [0.2, 0.25) is 0 Å². The van der Waals surface area contributed by atoms with Crippen LogP contribution >= 0.6 is 0 Å². The molecule has 20 heavy (non-hydrogen) atoms. The van der Waals surface area contributed by atoms with Crippen LogP contribution in [0.25, 0.3) is 0 Å². The fraction of sp³-hybridized carbons (Fsp3) is 0.533. The van der Waals surface area contributed by atoms with Gasteiger partial charge >= 0.3 is 0 Å². The van der Waals surface area contributed by atoms with Crippen LogP contribution in [0, 0.1) is 11.7 Å². The second kappa shape index (κ2) is 5.40. The summed E-state index contributed by atoms with van der Waals surface area (Å²) in [6.07, 6.45) is 2.21. The molecule has 4 nitrogen and oxygen atoms in total. The van der Waals surface area contributed by atoms with Crippen molar-refractivity contribution in [1.82, 2.24) is 10.2 Å². The van der Waals surface area contributed by atoms with Gasteiger partial charge in [0, 0.05) is 38.3 Å². The zero-order chi connectivity index (χ0) is 14.1. The van der Waals surface area contributed by atoms with Crippen LogP contribution in [0.1, 0.15) is 23.2 Å². The topological polar surface area (TPSA) is 44.4 Å². The van der Waals surface area contributed by atoms with Gasteiger partial charge in [-0.25, -0.2) is 4.39 Å². The molecule has 2 atom stereocenters. The number of piperidine rings is 1. The number of fused-ring (bicyclic) bond motifs is 1. The maximum absolute atomic E-state index is 13.8. The Hall–Kier alpha value is -1.62. The van der Waals surface area contributed by atoms with Crippen LogP contribution in [0.4, 0.5) is 10.1 Å². The van der Waals surface area contributed by atoms with Gasteiger partial charge < -0.3 is 15.5 Å². The number of carbonyl (C=O) groups excluding carboxylic acids is 1. The Balaban J connectivity index is 1.82. The van der Waals surface area contributed by atoms with Crippen LogP contribution in [0.15, 0.2) is 18.2 Å². The number of rotatable bonds is 2. The Morgan fingerprint density at radius 3 is 3.05 bits per heavy atom. The van der Waals surface area contributed by atoms with E-state index in [1.165, 1.54) is 12.5 Å². The predicted octanol–water partition coefficient (Wildman–Crippen LogP) is 1.69. The van der Waals surface area contributed by atoms with E-state index in [9.17, 15) is 9.18 Å². The zero-order valence-electron chi connectivity index (χ0n) is 11.7. The smallest absolute Gasteiger partial charge is 0.254 e. The minimum atomic E-state index is -0.378. The Labute approximate surface area is 118 Å². The van der Waals surface area contributed by atoms with Crippen LogP contribution in [0.2, 0.25) is 0 Å². The molecular formula is C15H20FN3O. The van der Waals surface area contributed by atoms with E-state index >= 15 is 0 Å². The van der Waals surface area contributed by atoms with Gasteiger partial charge in [0.1, 0.15) is 5.82 Å². The van der Waals surface area contributed by atoms with Crippen molar-refractivity contribution in [3.8, 4) is 0 Å². The molecule has 0 aliphatic carbocycles. The summed E-state index contributed by atoms with van der Waals surface area (Å²) in [4.78, 5) is 14.5. The molecule has 0 radical (unpaired) electrons. The summed E-state index contributed by atoms with van der Waals surface area (Å²) < 4.78 is 13.8. The normalized spacial score (nSPS) is 25.4. The number of benzene rings is 1. The molecule has 3 rings (SSSR count). The van der Waals surface area contributed by atoms with Gasteiger partial charge in [-0.15, -0.1) is 0 Å². The first-order valence-corrected chi connectivity index (χ1v) is 7.19. The van der Waals surface area contributed by atoms with Gasteiger partial charge in [-0.05, 0) is 37.0 Å². The summed E-state index contributed by atoms with van der Waals surface area (Å²) in [5.41, 5.74) is 0.856. The van der Waals surface area contributed by atoms with E-state index in [0.717, 1.165) is 26.1 Å². The number of hydrogen-bond acceptors (Lipinski definition) is 3. The number of likely N-dealkylation sites (tertiary alicyclic amines) is 1. The van der Waals surface area contributed by atoms with Crippen molar-refractivity contribution in [2.75, 3.05) is 32.0 Å². The number of nitrogens with one attached hydrogen (secondary N) is 2. The van der Waals surface area contributed by atoms with E-state index < -0.39 is 0 Å². The average Bonchev–Trinajstić information content (AvgIpc) is 2.94. The Kier molecular flexibility index (Phi) is 3.61. The Bertz CT molecular complexity index is 520. The maximum Gasteiger partial charge on any atom is 0.254 e. The molecule has 2 aliphatic rings. The first-order chi connectivity index (χ1) is 9.70. The minimum absolute atomic E-state index is 0.0510. The van der Waals surface area contributed by atoms with Crippen molar-refractivity contribution < 1.29 is 9.18 Å². The van der Waals surface area contributed by atoms with Crippen LogP contribution < -0.4 is 10.6 Å². The molecule has 0 spiro atoms. The van der Waals surface area contributed by atoms with E-state index in [4.69, 9.17) is 0 Å². The number of carbonyl (C=O) groups is 1. The van der Waals surface area contributed by atoms with Crippen molar-refractivity contribution in [2.45, 2.75) is 18.9 Å². The molecule has 0 aromatic heterocycles. The highest BCUT2D eigenvalue weighted by atomic mass is 19.1. The lowest BCUT2D eigenvalue weighted by Gasteiger charge is -2.37. The standard InChI is InChI=1S/C15H20FN3O/c1-17-13-5-4-10(7-12(13)16)15(20)19-6-2-3-11-8-18-9-14(11)19/h4-5,7,11,14,17-18H,2-3,6,8-9H2,1H3/t11-,14+/m0/s1. The highest BCUT2D eigenvalue weighted by Gasteiger charge is 2.37. The number of halogens is 1. The summed E-state index contributed by atoms with van der Waals surface area (Å²) in [6.45, 7) is 2.62. The quantitative estimate of drug-likeness (QED) is 0.864. The van der Waals surface area contributed by atoms with Gasteiger partial charge in [0.05, 0.1) is 5.69 Å². The Morgan fingerprint density at radius 1 is 1.45 bits per heavy atom. The molecule has 2 N–H and O–H groups in total.